The van der Waals surface area contributed by atoms with Crippen molar-refractivity contribution in [1.29, 1.82) is 0 Å². The molecule has 1 fully saturated rings. The van der Waals surface area contributed by atoms with Gasteiger partial charge in [0, 0.05) is 30.7 Å². The van der Waals surface area contributed by atoms with Crippen LogP contribution in [0.25, 0.3) is 0 Å². The lowest BCUT2D eigenvalue weighted by atomic mass is 9.95. The molecule has 0 aromatic rings. The summed E-state index contributed by atoms with van der Waals surface area (Å²) in [5, 5.41) is 3.07. The molecule has 1 N–H and O–H groups in total. The Bertz CT molecular complexity index is 322. The van der Waals surface area contributed by atoms with Gasteiger partial charge in [-0.15, -0.1) is 0 Å². The summed E-state index contributed by atoms with van der Waals surface area (Å²) >= 11 is 0. The highest BCUT2D eigenvalue weighted by atomic mass is 16.5. The Labute approximate surface area is 117 Å². The number of ether oxygens (including phenoxy) is 1. The molecule has 1 atom stereocenters. The molecule has 0 radical (unpaired) electrons. The van der Waals surface area contributed by atoms with Crippen LogP contribution in [0, 0.1) is 0 Å². The number of nitrogens with one attached hydrogen (secondary N) is 1. The fraction of sp³-hybridized carbons (Fsp3) is 0.800. The van der Waals surface area contributed by atoms with Crippen molar-refractivity contribution >= 4 is 5.91 Å². The van der Waals surface area contributed by atoms with Crippen molar-refractivity contribution in [3.8, 4) is 0 Å². The van der Waals surface area contributed by atoms with Crippen LogP contribution in [0.2, 0.25) is 0 Å². The van der Waals surface area contributed by atoms with Gasteiger partial charge in [-0.05, 0) is 26.7 Å². The molecule has 4 nitrogen and oxygen atoms in total. The third kappa shape index (κ3) is 4.62. The van der Waals surface area contributed by atoms with E-state index < -0.39 is 0 Å². The van der Waals surface area contributed by atoms with E-state index in [1.165, 1.54) is 0 Å². The molecule has 19 heavy (non-hydrogen) atoms. The summed E-state index contributed by atoms with van der Waals surface area (Å²) in [6.07, 6.45) is 3.88. The Hall–Kier alpha value is -0.870. The van der Waals surface area contributed by atoms with E-state index in [0.29, 0.717) is 6.54 Å². The molecule has 1 heterocycles. The Kier molecular flexibility index (Phi) is 6.52. The van der Waals surface area contributed by atoms with Gasteiger partial charge in [-0.1, -0.05) is 19.9 Å². The summed E-state index contributed by atoms with van der Waals surface area (Å²) < 4.78 is 5.40. The molecule has 1 aliphatic heterocycles. The molecule has 1 amide bonds. The highest BCUT2D eigenvalue weighted by Gasteiger charge is 2.31. The van der Waals surface area contributed by atoms with Gasteiger partial charge in [0.2, 0.25) is 5.91 Å². The highest BCUT2D eigenvalue weighted by molar-refractivity contribution is 5.92. The third-order valence-corrected chi connectivity index (χ3v) is 4.03. The van der Waals surface area contributed by atoms with Crippen molar-refractivity contribution in [1.82, 2.24) is 10.2 Å². The SMILES string of the molecule is CC/C=C(\C)C(=O)NC[C@](C)(CC)N1CCOCC1. The fourth-order valence-corrected chi connectivity index (χ4v) is 2.37. The van der Waals surface area contributed by atoms with Crippen molar-refractivity contribution in [2.75, 3.05) is 32.8 Å². The second kappa shape index (κ2) is 7.65. The van der Waals surface area contributed by atoms with Crippen molar-refractivity contribution < 1.29 is 9.53 Å². The number of amides is 1. The third-order valence-electron chi connectivity index (χ3n) is 4.03. The van der Waals surface area contributed by atoms with Crippen LogP contribution in [0.5, 0.6) is 0 Å². The molecule has 110 valence electrons. The summed E-state index contributed by atoms with van der Waals surface area (Å²) in [5.41, 5.74) is 0.828. The van der Waals surface area contributed by atoms with Gasteiger partial charge in [0.1, 0.15) is 0 Å². The number of morpholine rings is 1. The number of carbonyl (C=O) groups is 1. The van der Waals surface area contributed by atoms with Crippen LogP contribution in [-0.2, 0) is 9.53 Å². The molecule has 0 aromatic heterocycles. The smallest absolute Gasteiger partial charge is 0.246 e. The standard InChI is InChI=1S/C15H28N2O2/c1-5-7-13(3)14(18)16-12-15(4,6-2)17-8-10-19-11-9-17/h7H,5-6,8-12H2,1-4H3,(H,16,18)/b13-7+/t15-/m0/s1. The summed E-state index contributed by atoms with van der Waals surface area (Å²) in [5.74, 6) is 0.0507. The Morgan fingerprint density at radius 2 is 2.00 bits per heavy atom. The predicted octanol–water partition coefficient (Wildman–Crippen LogP) is 1.96. The van der Waals surface area contributed by atoms with Crippen LogP contribution < -0.4 is 5.32 Å². The van der Waals surface area contributed by atoms with Crippen molar-refractivity contribution in [2.45, 2.75) is 46.1 Å². The van der Waals surface area contributed by atoms with Gasteiger partial charge in [0.05, 0.1) is 13.2 Å². The van der Waals surface area contributed by atoms with Crippen LogP contribution in [-0.4, -0.2) is 49.2 Å². The zero-order chi connectivity index (χ0) is 14.3. The predicted molar refractivity (Wildman–Crippen MR) is 78.1 cm³/mol. The number of rotatable bonds is 6. The number of hydrogen-bond donors (Lipinski definition) is 1. The molecule has 0 aliphatic carbocycles. The number of allylic oxidation sites excluding steroid dienone is 1. The molecule has 0 spiro atoms. The molecule has 4 heteroatoms. The lowest BCUT2D eigenvalue weighted by molar-refractivity contribution is -0.118. The second-order valence-electron chi connectivity index (χ2n) is 5.43. The normalized spacial score (nSPS) is 20.9. The van der Waals surface area contributed by atoms with Crippen LogP contribution in [0.3, 0.4) is 0 Å². The van der Waals surface area contributed by atoms with Crippen LogP contribution in [0.4, 0.5) is 0 Å². The van der Waals surface area contributed by atoms with E-state index in [1.54, 1.807) is 0 Å². The summed E-state index contributed by atoms with van der Waals surface area (Å²) in [7, 11) is 0. The largest absolute Gasteiger partial charge is 0.379 e. The maximum absolute atomic E-state index is 12.0. The van der Waals surface area contributed by atoms with Crippen molar-refractivity contribution in [3.63, 3.8) is 0 Å². The molecule has 0 unspecified atom stereocenters. The zero-order valence-corrected chi connectivity index (χ0v) is 12.8. The van der Waals surface area contributed by atoms with Gasteiger partial charge in [-0.25, -0.2) is 0 Å². The first-order valence-corrected chi connectivity index (χ1v) is 7.31. The van der Waals surface area contributed by atoms with E-state index in [4.69, 9.17) is 4.74 Å². The topological polar surface area (TPSA) is 41.6 Å². The lowest BCUT2D eigenvalue weighted by Crippen LogP contribution is -2.56. The number of hydrogen-bond acceptors (Lipinski definition) is 3. The molecule has 1 aliphatic rings. The first-order chi connectivity index (χ1) is 9.03. The molecule has 1 saturated heterocycles. The zero-order valence-electron chi connectivity index (χ0n) is 12.8. The van der Waals surface area contributed by atoms with Crippen LogP contribution >= 0.6 is 0 Å². The highest BCUT2D eigenvalue weighted by Crippen LogP contribution is 2.20. The van der Waals surface area contributed by atoms with E-state index in [9.17, 15) is 4.79 Å². The van der Waals surface area contributed by atoms with Crippen LogP contribution in [0.15, 0.2) is 11.6 Å². The summed E-state index contributed by atoms with van der Waals surface area (Å²) in [4.78, 5) is 14.4. The first kappa shape index (κ1) is 16.2. The Morgan fingerprint density at radius 3 is 2.53 bits per heavy atom. The minimum atomic E-state index is 0.0198. The van der Waals surface area contributed by atoms with Crippen molar-refractivity contribution in [3.05, 3.63) is 11.6 Å². The second-order valence-corrected chi connectivity index (χ2v) is 5.43. The number of carbonyl (C=O) groups excluding carboxylic acids is 1. The van der Waals surface area contributed by atoms with Gasteiger partial charge in [-0.3, -0.25) is 9.69 Å². The van der Waals surface area contributed by atoms with E-state index >= 15 is 0 Å². The van der Waals surface area contributed by atoms with Crippen molar-refractivity contribution in [2.24, 2.45) is 0 Å². The number of nitrogens with zero attached hydrogens (tertiary/aromatic N) is 1. The van der Waals surface area contributed by atoms with Gasteiger partial charge in [-0.2, -0.15) is 0 Å². The van der Waals surface area contributed by atoms with E-state index in [-0.39, 0.29) is 11.4 Å². The lowest BCUT2D eigenvalue weighted by Gasteiger charge is -2.43. The van der Waals surface area contributed by atoms with Crippen LogP contribution in [0.1, 0.15) is 40.5 Å². The van der Waals surface area contributed by atoms with Gasteiger partial charge in [0.25, 0.3) is 0 Å². The molecular formula is C15H28N2O2. The van der Waals surface area contributed by atoms with Gasteiger partial charge in [0.15, 0.2) is 0 Å². The van der Waals surface area contributed by atoms with E-state index in [1.807, 2.05) is 19.9 Å². The minimum absolute atomic E-state index is 0.0198. The molecule has 1 rings (SSSR count). The monoisotopic (exact) mass is 268 g/mol. The first-order valence-electron chi connectivity index (χ1n) is 7.31. The quantitative estimate of drug-likeness (QED) is 0.749. The summed E-state index contributed by atoms with van der Waals surface area (Å²) in [6, 6.07) is 0. The Balaban J connectivity index is 2.55. The minimum Gasteiger partial charge on any atom is -0.379 e. The maximum atomic E-state index is 12.0. The van der Waals surface area contributed by atoms with E-state index in [0.717, 1.165) is 44.7 Å². The fourth-order valence-electron chi connectivity index (χ4n) is 2.37. The van der Waals surface area contributed by atoms with E-state index in [2.05, 4.69) is 24.1 Å². The molecular weight excluding hydrogens is 240 g/mol. The average molecular weight is 268 g/mol. The maximum Gasteiger partial charge on any atom is 0.246 e. The molecule has 0 bridgehead atoms. The molecule has 0 aromatic carbocycles. The molecule has 0 saturated carbocycles. The van der Waals surface area contributed by atoms with Gasteiger partial charge < -0.3 is 10.1 Å². The average Bonchev–Trinajstić information content (AvgIpc) is 2.45. The summed E-state index contributed by atoms with van der Waals surface area (Å²) in [6.45, 7) is 12.5. The van der Waals surface area contributed by atoms with Gasteiger partial charge >= 0.3 is 0 Å². The Morgan fingerprint density at radius 1 is 1.37 bits per heavy atom.